The van der Waals surface area contributed by atoms with Gasteiger partial charge in [-0.1, -0.05) is 0 Å². The highest BCUT2D eigenvalue weighted by atomic mass is 35.5. The highest BCUT2D eigenvalue weighted by Gasteiger charge is 2.48. The molecule has 19 heavy (non-hydrogen) atoms. The fraction of sp³-hybridized carbons (Fsp3) is 0.909. The van der Waals surface area contributed by atoms with Crippen LogP contribution in [0.15, 0.2) is 0 Å². The minimum Gasteiger partial charge on any atom is -0.354 e. The van der Waals surface area contributed by atoms with Crippen LogP contribution in [0.2, 0.25) is 0 Å². The molecule has 0 saturated heterocycles. The summed E-state index contributed by atoms with van der Waals surface area (Å²) in [5.41, 5.74) is 6.07. The number of hydrogen-bond acceptors (Lipinski definition) is 4. The van der Waals surface area contributed by atoms with Gasteiger partial charge in [0.05, 0.1) is 12.2 Å². The van der Waals surface area contributed by atoms with Crippen molar-refractivity contribution in [1.82, 2.24) is 10.0 Å². The Morgan fingerprint density at radius 1 is 1.26 bits per heavy atom. The maximum atomic E-state index is 12.0. The summed E-state index contributed by atoms with van der Waals surface area (Å²) in [6.07, 6.45) is 4.41. The number of carbonyl (C=O) groups excluding carboxylic acids is 1. The first kappa shape index (κ1) is 16.7. The van der Waals surface area contributed by atoms with Crippen molar-refractivity contribution in [2.24, 2.45) is 23.5 Å². The minimum absolute atomic E-state index is 0. The summed E-state index contributed by atoms with van der Waals surface area (Å²) in [6, 6.07) is -0.0217. The molecule has 2 bridgehead atoms. The van der Waals surface area contributed by atoms with Gasteiger partial charge in [0.1, 0.15) is 0 Å². The second-order valence-electron chi connectivity index (χ2n) is 5.39. The number of halogens is 1. The van der Waals surface area contributed by atoms with Gasteiger partial charge in [-0.05, 0) is 31.1 Å². The largest absolute Gasteiger partial charge is 0.354 e. The molecule has 2 aliphatic carbocycles. The molecule has 4 N–H and O–H groups in total. The van der Waals surface area contributed by atoms with Crippen LogP contribution in [0, 0.1) is 17.8 Å². The summed E-state index contributed by atoms with van der Waals surface area (Å²) in [4.78, 5) is 12.0. The lowest BCUT2D eigenvalue weighted by Crippen LogP contribution is -2.46. The van der Waals surface area contributed by atoms with E-state index in [-0.39, 0.29) is 36.8 Å². The summed E-state index contributed by atoms with van der Waals surface area (Å²) in [5, 5.41) is 2.77. The Labute approximate surface area is 120 Å². The smallest absolute Gasteiger partial charge is 0.225 e. The molecule has 112 valence electrons. The zero-order valence-electron chi connectivity index (χ0n) is 11.0. The third kappa shape index (κ3) is 4.05. The summed E-state index contributed by atoms with van der Waals surface area (Å²) in [7, 11) is -3.19. The molecule has 0 radical (unpaired) electrons. The minimum atomic E-state index is -3.19. The number of carbonyl (C=O) groups is 1. The number of hydrogen-bond donors (Lipinski definition) is 3. The SMILES string of the molecule is CS(=O)(=O)NCCNC(=O)C1C2CCC(C2)C1N.Cl. The van der Waals surface area contributed by atoms with Gasteiger partial charge in [-0.15, -0.1) is 12.4 Å². The Morgan fingerprint density at radius 2 is 1.89 bits per heavy atom. The van der Waals surface area contributed by atoms with Crippen molar-refractivity contribution in [3.63, 3.8) is 0 Å². The standard InChI is InChI=1S/C11H21N3O3S.ClH/c1-18(16,17)14-5-4-13-11(15)9-7-2-3-8(6-7)10(9)12;/h7-10,14H,2-6,12H2,1H3,(H,13,15);1H. The van der Waals surface area contributed by atoms with E-state index in [1.165, 1.54) is 0 Å². The van der Waals surface area contributed by atoms with Gasteiger partial charge < -0.3 is 11.1 Å². The Kier molecular flexibility index (Phi) is 5.61. The third-order valence-electron chi connectivity index (χ3n) is 4.07. The number of rotatable bonds is 5. The van der Waals surface area contributed by atoms with Crippen LogP contribution in [0.5, 0.6) is 0 Å². The lowest BCUT2D eigenvalue weighted by Gasteiger charge is -2.26. The summed E-state index contributed by atoms with van der Waals surface area (Å²) in [6.45, 7) is 0.535. The summed E-state index contributed by atoms with van der Waals surface area (Å²) in [5.74, 6) is 0.819. The molecule has 6 nitrogen and oxygen atoms in total. The van der Waals surface area contributed by atoms with Gasteiger partial charge in [0.2, 0.25) is 15.9 Å². The Morgan fingerprint density at radius 3 is 2.42 bits per heavy atom. The van der Waals surface area contributed by atoms with Crippen LogP contribution in [0.3, 0.4) is 0 Å². The van der Waals surface area contributed by atoms with E-state index in [0.29, 0.717) is 18.4 Å². The van der Waals surface area contributed by atoms with Gasteiger partial charge >= 0.3 is 0 Å². The van der Waals surface area contributed by atoms with Gasteiger partial charge in [0.15, 0.2) is 0 Å². The van der Waals surface area contributed by atoms with Gasteiger partial charge in [0, 0.05) is 19.1 Å². The average molecular weight is 312 g/mol. The van der Waals surface area contributed by atoms with Crippen molar-refractivity contribution in [3.8, 4) is 0 Å². The molecule has 0 spiro atoms. The number of sulfonamides is 1. The van der Waals surface area contributed by atoms with Gasteiger partial charge in [-0.2, -0.15) is 0 Å². The maximum Gasteiger partial charge on any atom is 0.225 e. The molecule has 8 heteroatoms. The molecule has 0 aromatic heterocycles. The predicted octanol–water partition coefficient (Wildman–Crippen LogP) is -0.553. The van der Waals surface area contributed by atoms with E-state index in [0.717, 1.165) is 25.5 Å². The first-order valence-corrected chi connectivity index (χ1v) is 8.25. The maximum absolute atomic E-state index is 12.0. The van der Waals surface area contributed by atoms with E-state index >= 15 is 0 Å². The third-order valence-corrected chi connectivity index (χ3v) is 4.80. The lowest BCUT2D eigenvalue weighted by molar-refractivity contribution is -0.126. The Hall–Kier alpha value is -0.370. The van der Waals surface area contributed by atoms with E-state index in [9.17, 15) is 13.2 Å². The number of nitrogens with one attached hydrogen (secondary N) is 2. The summed E-state index contributed by atoms with van der Waals surface area (Å²) < 4.78 is 24.0. The Bertz CT molecular complexity index is 427. The van der Waals surface area contributed by atoms with Crippen molar-refractivity contribution >= 4 is 28.3 Å². The molecule has 0 aliphatic heterocycles. The van der Waals surface area contributed by atoms with E-state index in [1.807, 2.05) is 0 Å². The monoisotopic (exact) mass is 311 g/mol. The molecule has 0 aromatic carbocycles. The molecule has 0 heterocycles. The fourth-order valence-electron chi connectivity index (χ4n) is 3.26. The van der Waals surface area contributed by atoms with Crippen molar-refractivity contribution < 1.29 is 13.2 Å². The van der Waals surface area contributed by atoms with Crippen LogP contribution >= 0.6 is 12.4 Å². The molecular formula is C11H22ClN3O3S. The first-order valence-electron chi connectivity index (χ1n) is 6.36. The van der Waals surface area contributed by atoms with Crippen molar-refractivity contribution in [1.29, 1.82) is 0 Å². The zero-order valence-corrected chi connectivity index (χ0v) is 12.6. The van der Waals surface area contributed by atoms with E-state index in [2.05, 4.69) is 10.0 Å². The molecule has 2 saturated carbocycles. The predicted molar refractivity (Wildman–Crippen MR) is 75.4 cm³/mol. The molecule has 1 amide bonds. The quantitative estimate of drug-likeness (QED) is 0.593. The zero-order chi connectivity index (χ0) is 13.3. The highest BCUT2D eigenvalue weighted by Crippen LogP contribution is 2.47. The van der Waals surface area contributed by atoms with Crippen molar-refractivity contribution in [2.45, 2.75) is 25.3 Å². The van der Waals surface area contributed by atoms with Crippen LogP contribution in [-0.2, 0) is 14.8 Å². The lowest BCUT2D eigenvalue weighted by atomic mass is 9.84. The fourth-order valence-corrected chi connectivity index (χ4v) is 3.74. The molecular weight excluding hydrogens is 290 g/mol. The van der Waals surface area contributed by atoms with Crippen molar-refractivity contribution in [3.05, 3.63) is 0 Å². The van der Waals surface area contributed by atoms with Crippen LogP contribution in [0.4, 0.5) is 0 Å². The number of amides is 1. The first-order chi connectivity index (χ1) is 8.38. The van der Waals surface area contributed by atoms with Crippen LogP contribution in [0.25, 0.3) is 0 Å². The highest BCUT2D eigenvalue weighted by molar-refractivity contribution is 7.88. The van der Waals surface area contributed by atoms with E-state index in [4.69, 9.17) is 5.73 Å². The average Bonchev–Trinajstić information content (AvgIpc) is 2.83. The molecule has 0 aromatic rings. The van der Waals surface area contributed by atoms with Gasteiger partial charge in [0.25, 0.3) is 0 Å². The topological polar surface area (TPSA) is 101 Å². The second kappa shape index (κ2) is 6.39. The van der Waals surface area contributed by atoms with Crippen LogP contribution in [0.1, 0.15) is 19.3 Å². The van der Waals surface area contributed by atoms with E-state index in [1.54, 1.807) is 0 Å². The molecule has 4 unspecified atom stereocenters. The Balaban J connectivity index is 0.00000180. The molecule has 4 atom stereocenters. The van der Waals surface area contributed by atoms with E-state index < -0.39 is 10.0 Å². The molecule has 2 rings (SSSR count). The van der Waals surface area contributed by atoms with Gasteiger partial charge in [-0.3, -0.25) is 4.79 Å². The number of nitrogens with two attached hydrogens (primary N) is 1. The van der Waals surface area contributed by atoms with Crippen LogP contribution < -0.4 is 15.8 Å². The normalized spacial score (nSPS) is 32.9. The second-order valence-corrected chi connectivity index (χ2v) is 7.23. The van der Waals surface area contributed by atoms with Gasteiger partial charge in [-0.25, -0.2) is 13.1 Å². The molecule has 2 fully saturated rings. The number of fused-ring (bicyclic) bond motifs is 2. The van der Waals surface area contributed by atoms with Crippen LogP contribution in [-0.4, -0.2) is 39.7 Å². The van der Waals surface area contributed by atoms with Crippen molar-refractivity contribution in [2.75, 3.05) is 19.3 Å². The molecule has 2 aliphatic rings. The summed E-state index contributed by atoms with van der Waals surface area (Å²) >= 11 is 0.